The Labute approximate surface area is 115 Å². The maximum atomic E-state index is 12.2. The van der Waals surface area contributed by atoms with Gasteiger partial charge in [-0.25, -0.2) is 15.0 Å². The number of nitrogens with two attached hydrogens (primary N) is 1. The lowest BCUT2D eigenvalue weighted by Gasteiger charge is -2.09. The third-order valence-corrected chi connectivity index (χ3v) is 2.66. The predicted octanol–water partition coefficient (Wildman–Crippen LogP) is 2.50. The highest BCUT2D eigenvalue weighted by Crippen LogP contribution is 2.28. The Morgan fingerprint density at radius 1 is 1.19 bits per heavy atom. The van der Waals surface area contributed by atoms with E-state index in [1.54, 1.807) is 6.07 Å². The van der Waals surface area contributed by atoms with E-state index >= 15 is 0 Å². The van der Waals surface area contributed by atoms with Crippen molar-refractivity contribution in [3.8, 4) is 17.1 Å². The largest absolute Gasteiger partial charge is 0.573 e. The van der Waals surface area contributed by atoms with E-state index in [0.717, 1.165) is 0 Å². The van der Waals surface area contributed by atoms with Gasteiger partial charge in [0.15, 0.2) is 11.5 Å². The van der Waals surface area contributed by atoms with Gasteiger partial charge in [0, 0.05) is 5.56 Å². The van der Waals surface area contributed by atoms with Gasteiger partial charge in [-0.1, -0.05) is 12.1 Å². The molecule has 1 aromatic carbocycles. The second-order valence-electron chi connectivity index (χ2n) is 4.12. The molecule has 0 spiro atoms. The van der Waals surface area contributed by atoms with E-state index in [9.17, 15) is 13.2 Å². The highest BCUT2D eigenvalue weighted by molar-refractivity contribution is 5.84. The summed E-state index contributed by atoms with van der Waals surface area (Å²) < 4.78 is 40.5. The zero-order valence-corrected chi connectivity index (χ0v) is 10.3. The van der Waals surface area contributed by atoms with Gasteiger partial charge in [-0.2, -0.15) is 0 Å². The summed E-state index contributed by atoms with van der Waals surface area (Å²) in [5, 5.41) is 0. The molecule has 0 fully saturated rings. The number of H-pyrrole nitrogens is 1. The summed E-state index contributed by atoms with van der Waals surface area (Å²) in [4.78, 5) is 14.8. The molecule has 0 aliphatic heterocycles. The van der Waals surface area contributed by atoms with Crippen molar-refractivity contribution in [3.63, 3.8) is 0 Å². The molecule has 2 aromatic heterocycles. The fourth-order valence-corrected chi connectivity index (χ4v) is 1.82. The minimum absolute atomic E-state index is 0.210. The van der Waals surface area contributed by atoms with E-state index in [2.05, 4.69) is 24.7 Å². The number of rotatable bonds is 2. The van der Waals surface area contributed by atoms with Crippen LogP contribution in [0.2, 0.25) is 0 Å². The van der Waals surface area contributed by atoms with Crippen LogP contribution in [0.3, 0.4) is 0 Å². The number of ether oxygens (including phenoxy) is 1. The van der Waals surface area contributed by atoms with E-state index in [-0.39, 0.29) is 11.6 Å². The van der Waals surface area contributed by atoms with E-state index in [4.69, 9.17) is 5.73 Å². The van der Waals surface area contributed by atoms with Gasteiger partial charge < -0.3 is 15.5 Å². The lowest BCUT2D eigenvalue weighted by Crippen LogP contribution is -2.17. The quantitative estimate of drug-likeness (QED) is 0.758. The number of nitrogens with zero attached hydrogens (tertiary/aromatic N) is 3. The molecule has 0 aliphatic rings. The summed E-state index contributed by atoms with van der Waals surface area (Å²) in [6, 6.07) is 5.44. The molecule has 108 valence electrons. The number of fused-ring (bicyclic) bond motifs is 1. The molecule has 0 saturated carbocycles. The first-order chi connectivity index (χ1) is 9.92. The molecule has 6 nitrogen and oxygen atoms in total. The number of benzene rings is 1. The molecule has 0 unspecified atom stereocenters. The van der Waals surface area contributed by atoms with Crippen molar-refractivity contribution < 1.29 is 17.9 Å². The Morgan fingerprint density at radius 2 is 2.00 bits per heavy atom. The van der Waals surface area contributed by atoms with Crippen LogP contribution in [0.15, 0.2) is 30.6 Å². The van der Waals surface area contributed by atoms with Crippen LogP contribution in [0, 0.1) is 0 Å². The number of nitrogens with one attached hydrogen (secondary N) is 1. The minimum atomic E-state index is -4.75. The van der Waals surface area contributed by atoms with Gasteiger partial charge in [0.05, 0.1) is 0 Å². The van der Waals surface area contributed by atoms with E-state index < -0.39 is 6.36 Å². The van der Waals surface area contributed by atoms with Gasteiger partial charge >= 0.3 is 6.36 Å². The van der Waals surface area contributed by atoms with Crippen LogP contribution >= 0.6 is 0 Å². The SMILES string of the molecule is Nc1ncnc2nc(-c3cccc(OC(F)(F)F)c3)[nH]c12. The molecule has 3 rings (SSSR count). The van der Waals surface area contributed by atoms with Gasteiger partial charge in [0.2, 0.25) is 0 Å². The average molecular weight is 295 g/mol. The molecule has 0 saturated heterocycles. The van der Waals surface area contributed by atoms with E-state index in [0.29, 0.717) is 22.6 Å². The number of alkyl halides is 3. The third kappa shape index (κ3) is 2.71. The highest BCUT2D eigenvalue weighted by atomic mass is 19.4. The standard InChI is InChI=1S/C12H8F3N5O/c13-12(14,15)21-7-3-1-2-6(4-7)10-19-8-9(16)17-5-18-11(8)20-10/h1-5H,(H3,16,17,18,19,20). The second kappa shape index (κ2) is 4.62. The molecule has 0 amide bonds. The molecule has 3 aromatic rings. The normalized spacial score (nSPS) is 11.8. The zero-order chi connectivity index (χ0) is 15.0. The fourth-order valence-electron chi connectivity index (χ4n) is 1.82. The van der Waals surface area contributed by atoms with Crippen LogP contribution in [-0.2, 0) is 0 Å². The first-order valence-electron chi connectivity index (χ1n) is 5.75. The molecule has 0 aliphatic carbocycles. The van der Waals surface area contributed by atoms with Crippen LogP contribution in [0.5, 0.6) is 5.75 Å². The summed E-state index contributed by atoms with van der Waals surface area (Å²) in [7, 11) is 0. The van der Waals surface area contributed by atoms with Crippen LogP contribution < -0.4 is 10.5 Å². The topological polar surface area (TPSA) is 89.7 Å². The molecule has 0 radical (unpaired) electrons. The summed E-state index contributed by atoms with van der Waals surface area (Å²) >= 11 is 0. The Bertz CT molecular complexity index is 799. The van der Waals surface area contributed by atoms with Crippen molar-refractivity contribution in [1.29, 1.82) is 0 Å². The average Bonchev–Trinajstić information content (AvgIpc) is 2.82. The number of nitrogen functional groups attached to an aromatic ring is 1. The molecular weight excluding hydrogens is 287 g/mol. The highest BCUT2D eigenvalue weighted by Gasteiger charge is 2.31. The molecule has 0 bridgehead atoms. The molecule has 2 heterocycles. The lowest BCUT2D eigenvalue weighted by atomic mass is 10.2. The fraction of sp³-hybridized carbons (Fsp3) is 0.0833. The van der Waals surface area contributed by atoms with Gasteiger partial charge in [0.1, 0.15) is 23.4 Å². The van der Waals surface area contributed by atoms with Gasteiger partial charge in [-0.15, -0.1) is 13.2 Å². The summed E-state index contributed by atoms with van der Waals surface area (Å²) in [6.45, 7) is 0. The smallest absolute Gasteiger partial charge is 0.406 e. The van der Waals surface area contributed by atoms with Crippen LogP contribution in [0.1, 0.15) is 0 Å². The van der Waals surface area contributed by atoms with E-state index in [1.165, 1.54) is 24.5 Å². The summed E-state index contributed by atoms with van der Waals surface area (Å²) in [5.41, 5.74) is 6.83. The van der Waals surface area contributed by atoms with E-state index in [1.807, 2.05) is 0 Å². The number of aromatic nitrogens is 4. The van der Waals surface area contributed by atoms with Gasteiger partial charge in [0.25, 0.3) is 0 Å². The molecule has 3 N–H and O–H groups in total. The molecule has 0 atom stereocenters. The van der Waals surface area contributed by atoms with Gasteiger partial charge in [-0.3, -0.25) is 0 Å². The summed E-state index contributed by atoms with van der Waals surface area (Å²) in [6.07, 6.45) is -3.49. The van der Waals surface area contributed by atoms with Crippen molar-refractivity contribution in [2.45, 2.75) is 6.36 Å². The first-order valence-corrected chi connectivity index (χ1v) is 5.75. The Kier molecular flexibility index (Phi) is 2.89. The first kappa shape index (κ1) is 13.2. The van der Waals surface area contributed by atoms with Crippen LogP contribution in [-0.4, -0.2) is 26.3 Å². The molecule has 9 heteroatoms. The Balaban J connectivity index is 2.02. The predicted molar refractivity (Wildman–Crippen MR) is 68.2 cm³/mol. The zero-order valence-electron chi connectivity index (χ0n) is 10.3. The van der Waals surface area contributed by atoms with Crippen LogP contribution in [0.4, 0.5) is 19.0 Å². The Morgan fingerprint density at radius 3 is 2.71 bits per heavy atom. The minimum Gasteiger partial charge on any atom is -0.406 e. The third-order valence-electron chi connectivity index (χ3n) is 2.66. The lowest BCUT2D eigenvalue weighted by molar-refractivity contribution is -0.274. The Hall–Kier alpha value is -2.84. The van der Waals surface area contributed by atoms with Crippen molar-refractivity contribution in [2.75, 3.05) is 5.73 Å². The van der Waals surface area contributed by atoms with Crippen molar-refractivity contribution in [1.82, 2.24) is 19.9 Å². The maximum absolute atomic E-state index is 12.2. The second-order valence-corrected chi connectivity index (χ2v) is 4.12. The molecule has 21 heavy (non-hydrogen) atoms. The monoisotopic (exact) mass is 295 g/mol. The van der Waals surface area contributed by atoms with Gasteiger partial charge in [-0.05, 0) is 12.1 Å². The van der Waals surface area contributed by atoms with Crippen molar-refractivity contribution >= 4 is 17.0 Å². The van der Waals surface area contributed by atoms with Crippen molar-refractivity contribution in [2.24, 2.45) is 0 Å². The van der Waals surface area contributed by atoms with Crippen molar-refractivity contribution in [3.05, 3.63) is 30.6 Å². The number of aromatic amines is 1. The number of imidazole rings is 1. The number of hydrogen-bond donors (Lipinski definition) is 2. The molecular formula is C12H8F3N5O. The number of halogens is 3. The van der Waals surface area contributed by atoms with Crippen LogP contribution in [0.25, 0.3) is 22.6 Å². The number of hydrogen-bond acceptors (Lipinski definition) is 5. The maximum Gasteiger partial charge on any atom is 0.573 e. The number of anilines is 1. The summed E-state index contributed by atoms with van der Waals surface area (Å²) in [5.74, 6) is 0.200.